The SMILES string of the molecule is CNC1CCCN(C(C)C(=O)NC2CC2)C1=O. The summed E-state index contributed by atoms with van der Waals surface area (Å²) in [7, 11) is 1.79. The second kappa shape index (κ2) is 5.04. The summed E-state index contributed by atoms with van der Waals surface area (Å²) in [6.07, 6.45) is 3.97. The van der Waals surface area contributed by atoms with E-state index < -0.39 is 0 Å². The maximum atomic E-state index is 12.1. The van der Waals surface area contributed by atoms with E-state index in [1.54, 1.807) is 11.9 Å². The number of hydrogen-bond acceptors (Lipinski definition) is 3. The van der Waals surface area contributed by atoms with Gasteiger partial charge in [0.25, 0.3) is 0 Å². The molecule has 0 aromatic rings. The zero-order valence-corrected chi connectivity index (χ0v) is 10.5. The van der Waals surface area contributed by atoms with Gasteiger partial charge >= 0.3 is 0 Å². The minimum atomic E-state index is -0.348. The molecule has 1 saturated carbocycles. The molecule has 17 heavy (non-hydrogen) atoms. The Bertz CT molecular complexity index is 315. The molecule has 2 unspecified atom stereocenters. The number of amides is 2. The zero-order chi connectivity index (χ0) is 12.4. The molecule has 0 radical (unpaired) electrons. The van der Waals surface area contributed by atoms with Gasteiger partial charge in [-0.1, -0.05) is 0 Å². The lowest BCUT2D eigenvalue weighted by atomic mass is 10.0. The molecular formula is C12H21N3O2. The number of hydrogen-bond donors (Lipinski definition) is 2. The molecule has 2 aliphatic rings. The number of carbonyl (C=O) groups is 2. The van der Waals surface area contributed by atoms with Crippen molar-refractivity contribution in [2.24, 2.45) is 0 Å². The molecule has 2 rings (SSSR count). The molecule has 2 atom stereocenters. The molecule has 1 heterocycles. The third kappa shape index (κ3) is 2.77. The maximum Gasteiger partial charge on any atom is 0.242 e. The topological polar surface area (TPSA) is 61.4 Å². The van der Waals surface area contributed by atoms with Crippen molar-refractivity contribution >= 4 is 11.8 Å². The molecule has 1 aliphatic heterocycles. The van der Waals surface area contributed by atoms with Gasteiger partial charge in [0.15, 0.2) is 0 Å². The van der Waals surface area contributed by atoms with Crippen LogP contribution in [0.3, 0.4) is 0 Å². The summed E-state index contributed by atoms with van der Waals surface area (Å²) in [6.45, 7) is 2.50. The quantitative estimate of drug-likeness (QED) is 0.718. The van der Waals surface area contributed by atoms with E-state index in [0.29, 0.717) is 12.6 Å². The van der Waals surface area contributed by atoms with E-state index in [1.807, 2.05) is 6.92 Å². The average molecular weight is 239 g/mol. The number of piperidine rings is 1. The minimum absolute atomic E-state index is 0.0161. The van der Waals surface area contributed by atoms with E-state index >= 15 is 0 Å². The Kier molecular flexibility index (Phi) is 3.66. The molecule has 0 spiro atoms. The van der Waals surface area contributed by atoms with E-state index in [4.69, 9.17) is 0 Å². The second-order valence-corrected chi connectivity index (χ2v) is 4.97. The van der Waals surface area contributed by atoms with Gasteiger partial charge < -0.3 is 15.5 Å². The van der Waals surface area contributed by atoms with E-state index in [0.717, 1.165) is 25.7 Å². The van der Waals surface area contributed by atoms with Crippen molar-refractivity contribution in [1.29, 1.82) is 0 Å². The maximum absolute atomic E-state index is 12.1. The highest BCUT2D eigenvalue weighted by atomic mass is 16.2. The molecule has 5 nitrogen and oxygen atoms in total. The van der Waals surface area contributed by atoms with Crippen molar-refractivity contribution in [3.05, 3.63) is 0 Å². The summed E-state index contributed by atoms with van der Waals surface area (Å²) in [6, 6.07) is -0.121. The van der Waals surface area contributed by atoms with Crippen LogP contribution in [0.25, 0.3) is 0 Å². The van der Waals surface area contributed by atoms with Crippen molar-refractivity contribution in [1.82, 2.24) is 15.5 Å². The Morgan fingerprint density at radius 2 is 2.12 bits per heavy atom. The first-order valence-corrected chi connectivity index (χ1v) is 6.41. The van der Waals surface area contributed by atoms with E-state index in [9.17, 15) is 9.59 Å². The van der Waals surface area contributed by atoms with E-state index in [1.165, 1.54) is 0 Å². The normalized spacial score (nSPS) is 26.8. The number of likely N-dealkylation sites (N-methyl/N-ethyl adjacent to an activating group) is 1. The standard InChI is InChI=1S/C12H21N3O2/c1-8(11(16)14-9-5-6-9)15-7-3-4-10(13-2)12(15)17/h8-10,13H,3-7H2,1-2H3,(H,14,16). The first kappa shape index (κ1) is 12.4. The fraction of sp³-hybridized carbons (Fsp3) is 0.833. The molecule has 2 amide bonds. The lowest BCUT2D eigenvalue weighted by molar-refractivity contribution is -0.143. The Hall–Kier alpha value is -1.10. The smallest absolute Gasteiger partial charge is 0.242 e. The largest absolute Gasteiger partial charge is 0.352 e. The molecule has 0 bridgehead atoms. The molecule has 0 aromatic heterocycles. The van der Waals surface area contributed by atoms with Crippen LogP contribution in [0.1, 0.15) is 32.6 Å². The van der Waals surface area contributed by atoms with Crippen LogP contribution in [-0.2, 0) is 9.59 Å². The van der Waals surface area contributed by atoms with Gasteiger partial charge in [-0.15, -0.1) is 0 Å². The number of nitrogens with one attached hydrogen (secondary N) is 2. The van der Waals surface area contributed by atoms with Gasteiger partial charge in [0.05, 0.1) is 6.04 Å². The van der Waals surface area contributed by atoms with Gasteiger partial charge in [0, 0.05) is 12.6 Å². The number of rotatable bonds is 4. The van der Waals surface area contributed by atoms with Crippen molar-refractivity contribution < 1.29 is 9.59 Å². The van der Waals surface area contributed by atoms with Crippen LogP contribution in [0, 0.1) is 0 Å². The lowest BCUT2D eigenvalue weighted by Crippen LogP contribution is -2.56. The minimum Gasteiger partial charge on any atom is -0.352 e. The highest BCUT2D eigenvalue weighted by molar-refractivity contribution is 5.90. The van der Waals surface area contributed by atoms with Crippen LogP contribution in [0.5, 0.6) is 0 Å². The average Bonchev–Trinajstić information content (AvgIpc) is 3.12. The lowest BCUT2D eigenvalue weighted by Gasteiger charge is -2.35. The molecule has 1 aliphatic carbocycles. The number of carbonyl (C=O) groups excluding carboxylic acids is 2. The summed E-state index contributed by atoms with van der Waals surface area (Å²) in [5.41, 5.74) is 0. The fourth-order valence-corrected chi connectivity index (χ4v) is 2.24. The van der Waals surface area contributed by atoms with Gasteiger partial charge in [-0.2, -0.15) is 0 Å². The highest BCUT2D eigenvalue weighted by Gasteiger charge is 2.35. The molecule has 5 heteroatoms. The first-order valence-electron chi connectivity index (χ1n) is 6.41. The number of nitrogens with zero attached hydrogens (tertiary/aromatic N) is 1. The zero-order valence-electron chi connectivity index (χ0n) is 10.5. The van der Waals surface area contributed by atoms with Gasteiger partial charge in [0.2, 0.25) is 11.8 Å². The summed E-state index contributed by atoms with van der Waals surface area (Å²) < 4.78 is 0. The predicted octanol–water partition coefficient (Wildman–Crippen LogP) is -0.136. The molecule has 96 valence electrons. The van der Waals surface area contributed by atoms with Crippen LogP contribution < -0.4 is 10.6 Å². The van der Waals surface area contributed by atoms with Crippen molar-refractivity contribution in [3.63, 3.8) is 0 Å². The van der Waals surface area contributed by atoms with Crippen molar-refractivity contribution in [2.75, 3.05) is 13.6 Å². The van der Waals surface area contributed by atoms with Gasteiger partial charge in [-0.05, 0) is 39.7 Å². The molecule has 2 fully saturated rings. The highest BCUT2D eigenvalue weighted by Crippen LogP contribution is 2.20. The summed E-state index contributed by atoms with van der Waals surface area (Å²) in [4.78, 5) is 25.7. The van der Waals surface area contributed by atoms with Crippen LogP contribution in [0.15, 0.2) is 0 Å². The summed E-state index contributed by atoms with van der Waals surface area (Å²) in [5, 5.41) is 5.96. The van der Waals surface area contributed by atoms with Gasteiger partial charge in [-0.25, -0.2) is 0 Å². The van der Waals surface area contributed by atoms with Gasteiger partial charge in [0.1, 0.15) is 6.04 Å². The van der Waals surface area contributed by atoms with Crippen LogP contribution in [0.2, 0.25) is 0 Å². The predicted molar refractivity (Wildman–Crippen MR) is 64.4 cm³/mol. The number of likely N-dealkylation sites (tertiary alicyclic amines) is 1. The molecule has 1 saturated heterocycles. The third-order valence-corrected chi connectivity index (χ3v) is 3.59. The molecule has 0 aromatic carbocycles. The Morgan fingerprint density at radius 1 is 1.41 bits per heavy atom. The van der Waals surface area contributed by atoms with Crippen molar-refractivity contribution in [3.8, 4) is 0 Å². The van der Waals surface area contributed by atoms with E-state index in [-0.39, 0.29) is 23.9 Å². The Labute approximate surface area is 102 Å². The fourth-order valence-electron chi connectivity index (χ4n) is 2.24. The monoisotopic (exact) mass is 239 g/mol. The van der Waals surface area contributed by atoms with Crippen LogP contribution in [-0.4, -0.2) is 48.4 Å². The van der Waals surface area contributed by atoms with Crippen LogP contribution in [0.4, 0.5) is 0 Å². The summed E-state index contributed by atoms with van der Waals surface area (Å²) in [5.74, 6) is 0.0369. The van der Waals surface area contributed by atoms with Crippen LogP contribution >= 0.6 is 0 Å². The Morgan fingerprint density at radius 3 is 2.71 bits per heavy atom. The molecule has 2 N–H and O–H groups in total. The third-order valence-electron chi connectivity index (χ3n) is 3.59. The van der Waals surface area contributed by atoms with Gasteiger partial charge in [-0.3, -0.25) is 9.59 Å². The summed E-state index contributed by atoms with van der Waals surface area (Å²) >= 11 is 0. The Balaban J connectivity index is 1.94. The van der Waals surface area contributed by atoms with Crippen molar-refractivity contribution in [2.45, 2.75) is 50.7 Å². The van der Waals surface area contributed by atoms with E-state index in [2.05, 4.69) is 10.6 Å². The molecular weight excluding hydrogens is 218 g/mol. The first-order chi connectivity index (χ1) is 8.13. The second-order valence-electron chi connectivity index (χ2n) is 4.97.